The maximum atomic E-state index is 9.59. The summed E-state index contributed by atoms with van der Waals surface area (Å²) in [7, 11) is 1.59. The molecule has 1 aromatic carbocycles. The third-order valence-electron chi connectivity index (χ3n) is 1.92. The van der Waals surface area contributed by atoms with E-state index in [9.17, 15) is 5.11 Å². The van der Waals surface area contributed by atoms with Gasteiger partial charge in [-0.25, -0.2) is 0 Å². The van der Waals surface area contributed by atoms with E-state index in [-0.39, 0.29) is 0 Å². The minimum atomic E-state index is 0.327. The lowest BCUT2D eigenvalue weighted by atomic mass is 10.0. The Morgan fingerprint density at radius 3 is 2.54 bits per heavy atom. The molecule has 0 saturated heterocycles. The van der Waals surface area contributed by atoms with E-state index in [1.807, 2.05) is 12.1 Å². The highest BCUT2D eigenvalue weighted by atomic mass is 16.5. The summed E-state index contributed by atoms with van der Waals surface area (Å²) in [5.74, 6) is 1.58. The number of benzene rings is 1. The van der Waals surface area contributed by atoms with Crippen LogP contribution >= 0.6 is 0 Å². The number of hydrogen-bond acceptors (Lipinski definition) is 2. The van der Waals surface area contributed by atoms with Gasteiger partial charge in [0, 0.05) is 6.07 Å². The van der Waals surface area contributed by atoms with Crippen LogP contribution in [0, 0.1) is 5.92 Å². The van der Waals surface area contributed by atoms with Crippen molar-refractivity contribution in [1.29, 1.82) is 0 Å². The Kier molecular flexibility index (Phi) is 3.18. The Morgan fingerprint density at radius 1 is 1.38 bits per heavy atom. The maximum absolute atomic E-state index is 9.59. The summed E-state index contributed by atoms with van der Waals surface area (Å²) in [5.41, 5.74) is 0.982. The Labute approximate surface area is 79.2 Å². The van der Waals surface area contributed by atoms with Gasteiger partial charge in [-0.3, -0.25) is 0 Å². The van der Waals surface area contributed by atoms with E-state index in [1.54, 1.807) is 13.2 Å². The minimum Gasteiger partial charge on any atom is -0.508 e. The Balaban J connectivity index is 2.85. The SMILES string of the molecule is COc1ccc(CC(C)C)c(O)c1. The lowest BCUT2D eigenvalue weighted by Crippen LogP contribution is -1.94. The fourth-order valence-electron chi connectivity index (χ4n) is 1.28. The molecular formula is C11H16O2. The molecule has 0 fully saturated rings. The van der Waals surface area contributed by atoms with Crippen molar-refractivity contribution in [1.82, 2.24) is 0 Å². The molecule has 0 aliphatic carbocycles. The van der Waals surface area contributed by atoms with Crippen molar-refractivity contribution in [2.45, 2.75) is 20.3 Å². The molecule has 0 aliphatic heterocycles. The molecule has 0 amide bonds. The van der Waals surface area contributed by atoms with Crippen LogP contribution in [0.25, 0.3) is 0 Å². The number of hydrogen-bond donors (Lipinski definition) is 1. The normalized spacial score (nSPS) is 10.5. The Hall–Kier alpha value is -1.18. The molecule has 72 valence electrons. The zero-order valence-corrected chi connectivity index (χ0v) is 8.37. The maximum Gasteiger partial charge on any atom is 0.122 e. The molecule has 1 N–H and O–H groups in total. The largest absolute Gasteiger partial charge is 0.508 e. The van der Waals surface area contributed by atoms with Gasteiger partial charge in [-0.1, -0.05) is 19.9 Å². The molecule has 13 heavy (non-hydrogen) atoms. The first-order valence-electron chi connectivity index (χ1n) is 4.49. The fraction of sp³-hybridized carbons (Fsp3) is 0.455. The second kappa shape index (κ2) is 4.17. The van der Waals surface area contributed by atoms with Crippen molar-refractivity contribution in [3.63, 3.8) is 0 Å². The quantitative estimate of drug-likeness (QED) is 0.774. The molecular weight excluding hydrogens is 164 g/mol. The first-order chi connectivity index (χ1) is 6.13. The summed E-state index contributed by atoms with van der Waals surface area (Å²) >= 11 is 0. The molecule has 0 aliphatic rings. The second-order valence-electron chi connectivity index (χ2n) is 3.59. The van der Waals surface area contributed by atoms with Gasteiger partial charge >= 0.3 is 0 Å². The van der Waals surface area contributed by atoms with Crippen molar-refractivity contribution in [3.8, 4) is 11.5 Å². The Bertz CT molecular complexity index is 279. The first-order valence-corrected chi connectivity index (χ1v) is 4.49. The smallest absolute Gasteiger partial charge is 0.122 e. The predicted octanol–water partition coefficient (Wildman–Crippen LogP) is 2.60. The molecule has 0 heterocycles. The topological polar surface area (TPSA) is 29.5 Å². The van der Waals surface area contributed by atoms with Gasteiger partial charge in [0.05, 0.1) is 7.11 Å². The number of aromatic hydroxyl groups is 1. The van der Waals surface area contributed by atoms with Gasteiger partial charge in [-0.2, -0.15) is 0 Å². The summed E-state index contributed by atoms with van der Waals surface area (Å²) in [6.45, 7) is 4.26. The predicted molar refractivity (Wildman–Crippen MR) is 53.2 cm³/mol. The Morgan fingerprint density at radius 2 is 2.08 bits per heavy atom. The number of ether oxygens (including phenoxy) is 1. The van der Waals surface area contributed by atoms with E-state index in [2.05, 4.69) is 13.8 Å². The average molecular weight is 180 g/mol. The van der Waals surface area contributed by atoms with Gasteiger partial charge in [0.15, 0.2) is 0 Å². The lowest BCUT2D eigenvalue weighted by molar-refractivity contribution is 0.405. The van der Waals surface area contributed by atoms with E-state index in [0.717, 1.165) is 12.0 Å². The number of methoxy groups -OCH3 is 1. The zero-order chi connectivity index (χ0) is 9.84. The van der Waals surface area contributed by atoms with Crippen LogP contribution in [0.5, 0.6) is 11.5 Å². The number of phenols is 1. The van der Waals surface area contributed by atoms with E-state index < -0.39 is 0 Å². The summed E-state index contributed by atoms with van der Waals surface area (Å²) in [5, 5.41) is 9.59. The van der Waals surface area contributed by atoms with Crippen LogP contribution in [0.3, 0.4) is 0 Å². The van der Waals surface area contributed by atoms with Gasteiger partial charge in [0.2, 0.25) is 0 Å². The molecule has 0 bridgehead atoms. The third-order valence-corrected chi connectivity index (χ3v) is 1.92. The molecule has 1 aromatic rings. The van der Waals surface area contributed by atoms with Crippen LogP contribution in [0.1, 0.15) is 19.4 Å². The molecule has 0 spiro atoms. The third kappa shape index (κ3) is 2.65. The summed E-state index contributed by atoms with van der Waals surface area (Å²) in [6, 6.07) is 5.43. The van der Waals surface area contributed by atoms with Gasteiger partial charge in [-0.05, 0) is 24.0 Å². The first kappa shape index (κ1) is 9.90. The van der Waals surface area contributed by atoms with Gasteiger partial charge in [0.1, 0.15) is 11.5 Å². The number of rotatable bonds is 3. The van der Waals surface area contributed by atoms with Crippen molar-refractivity contribution in [2.75, 3.05) is 7.11 Å². The molecule has 0 radical (unpaired) electrons. The van der Waals surface area contributed by atoms with Crippen molar-refractivity contribution in [3.05, 3.63) is 23.8 Å². The standard InChI is InChI=1S/C11H16O2/c1-8(2)6-9-4-5-10(13-3)7-11(9)12/h4-5,7-8,12H,6H2,1-3H3. The highest BCUT2D eigenvalue weighted by molar-refractivity contribution is 5.39. The molecule has 0 atom stereocenters. The van der Waals surface area contributed by atoms with E-state index in [4.69, 9.17) is 4.74 Å². The average Bonchev–Trinajstić information content (AvgIpc) is 2.08. The zero-order valence-electron chi connectivity index (χ0n) is 8.37. The summed E-state index contributed by atoms with van der Waals surface area (Å²) < 4.78 is 4.99. The van der Waals surface area contributed by atoms with Crippen LogP contribution in [0.4, 0.5) is 0 Å². The van der Waals surface area contributed by atoms with Crippen LogP contribution in [0.15, 0.2) is 18.2 Å². The van der Waals surface area contributed by atoms with Crippen LogP contribution < -0.4 is 4.74 Å². The van der Waals surface area contributed by atoms with Crippen molar-refractivity contribution < 1.29 is 9.84 Å². The van der Waals surface area contributed by atoms with Crippen molar-refractivity contribution in [2.24, 2.45) is 5.92 Å². The second-order valence-corrected chi connectivity index (χ2v) is 3.59. The van der Waals surface area contributed by atoms with E-state index in [0.29, 0.717) is 17.4 Å². The van der Waals surface area contributed by atoms with Gasteiger partial charge in [-0.15, -0.1) is 0 Å². The lowest BCUT2D eigenvalue weighted by Gasteiger charge is -2.08. The monoisotopic (exact) mass is 180 g/mol. The molecule has 1 rings (SSSR count). The molecule has 0 aromatic heterocycles. The fourth-order valence-corrected chi connectivity index (χ4v) is 1.28. The van der Waals surface area contributed by atoms with Crippen LogP contribution in [0.2, 0.25) is 0 Å². The van der Waals surface area contributed by atoms with Crippen LogP contribution in [-0.2, 0) is 6.42 Å². The molecule has 2 heteroatoms. The van der Waals surface area contributed by atoms with E-state index >= 15 is 0 Å². The molecule has 0 unspecified atom stereocenters. The molecule has 0 saturated carbocycles. The van der Waals surface area contributed by atoms with Crippen molar-refractivity contribution >= 4 is 0 Å². The number of phenolic OH excluding ortho intramolecular Hbond substituents is 1. The summed E-state index contributed by atoms with van der Waals surface area (Å²) in [6.07, 6.45) is 0.899. The highest BCUT2D eigenvalue weighted by Gasteiger charge is 2.04. The van der Waals surface area contributed by atoms with Crippen LogP contribution in [-0.4, -0.2) is 12.2 Å². The minimum absolute atomic E-state index is 0.327. The highest BCUT2D eigenvalue weighted by Crippen LogP contribution is 2.25. The van der Waals surface area contributed by atoms with Gasteiger partial charge in [0.25, 0.3) is 0 Å². The summed E-state index contributed by atoms with van der Waals surface area (Å²) in [4.78, 5) is 0. The van der Waals surface area contributed by atoms with Gasteiger partial charge < -0.3 is 9.84 Å². The van der Waals surface area contributed by atoms with E-state index in [1.165, 1.54) is 0 Å². The molecule has 2 nitrogen and oxygen atoms in total.